The van der Waals surface area contributed by atoms with Crippen LogP contribution in [0.15, 0.2) is 30.3 Å². The summed E-state index contributed by atoms with van der Waals surface area (Å²) in [4.78, 5) is 34.7. The van der Waals surface area contributed by atoms with Crippen LogP contribution in [0.3, 0.4) is 0 Å². The van der Waals surface area contributed by atoms with Crippen LogP contribution in [-0.4, -0.2) is 38.7 Å². The molecule has 0 aliphatic carbocycles. The van der Waals surface area contributed by atoms with E-state index in [9.17, 15) is 14.4 Å². The molecule has 2 N–H and O–H groups in total. The second kappa shape index (κ2) is 7.83. The van der Waals surface area contributed by atoms with E-state index in [-0.39, 0.29) is 13.3 Å². The number of ether oxygens (including phenoxy) is 1. The lowest BCUT2D eigenvalue weighted by Gasteiger charge is -2.21. The molecule has 7 nitrogen and oxygen atoms in total. The summed E-state index contributed by atoms with van der Waals surface area (Å²) >= 11 is 0. The third-order valence-corrected chi connectivity index (χ3v) is 2.10. The Labute approximate surface area is 110 Å². The molecule has 1 radical (unpaired) electrons. The van der Waals surface area contributed by atoms with E-state index in [0.717, 1.165) is 4.90 Å². The summed E-state index contributed by atoms with van der Waals surface area (Å²) in [6.45, 7) is -0.324. The summed E-state index contributed by atoms with van der Waals surface area (Å²) in [6, 6.07) is 6.94. The number of nitrogens with zero attached hydrogens (tertiary/aromatic N) is 1. The molecule has 1 aromatic carbocycles. The Kier molecular flexibility index (Phi) is 6.04. The standard InChI is InChI=1S/C12H14N3O4/c1-19-9-14-12(18)15(11(17)13-7-8-16)10-5-3-2-4-6-10/h2-6H,7,9H2,1H3,(H,13,17)(H,14,18). The number of hydrogen-bond donors (Lipinski definition) is 2. The molecule has 4 amide bonds. The van der Waals surface area contributed by atoms with Crippen molar-refractivity contribution in [2.45, 2.75) is 0 Å². The largest absolute Gasteiger partial charge is 0.364 e. The van der Waals surface area contributed by atoms with Gasteiger partial charge in [-0.25, -0.2) is 14.5 Å². The zero-order chi connectivity index (χ0) is 14.1. The summed E-state index contributed by atoms with van der Waals surface area (Å²) in [6.07, 6.45) is 1.52. The number of carbonyl (C=O) groups excluding carboxylic acids is 3. The Morgan fingerprint density at radius 2 is 1.84 bits per heavy atom. The van der Waals surface area contributed by atoms with Crippen LogP contribution >= 0.6 is 0 Å². The van der Waals surface area contributed by atoms with Crippen LogP contribution in [0.1, 0.15) is 0 Å². The van der Waals surface area contributed by atoms with Gasteiger partial charge in [0.05, 0.1) is 12.2 Å². The number of benzene rings is 1. The number of imide groups is 1. The van der Waals surface area contributed by atoms with Crippen LogP contribution in [0.5, 0.6) is 0 Å². The number of nitrogens with one attached hydrogen (secondary N) is 2. The number of hydrogen-bond acceptors (Lipinski definition) is 4. The number of amides is 4. The highest BCUT2D eigenvalue weighted by atomic mass is 16.5. The number of para-hydroxylation sites is 1. The Hall–Kier alpha value is -2.41. The highest BCUT2D eigenvalue weighted by Gasteiger charge is 2.22. The van der Waals surface area contributed by atoms with E-state index in [2.05, 4.69) is 10.6 Å². The molecule has 0 aromatic heterocycles. The SMILES string of the molecule is COCNC(=O)N(C(=O)NC[C]=O)c1ccccc1. The van der Waals surface area contributed by atoms with E-state index in [1.165, 1.54) is 13.4 Å². The normalized spacial score (nSPS) is 9.53. The molecule has 0 saturated carbocycles. The number of carbonyl (C=O) groups is 2. The van der Waals surface area contributed by atoms with Crippen LogP contribution in [0.2, 0.25) is 0 Å². The molecule has 0 atom stereocenters. The van der Waals surface area contributed by atoms with Crippen molar-refractivity contribution in [1.29, 1.82) is 0 Å². The van der Waals surface area contributed by atoms with Gasteiger partial charge in [-0.2, -0.15) is 0 Å². The molecule has 0 heterocycles. The van der Waals surface area contributed by atoms with Gasteiger partial charge in [0, 0.05) is 7.11 Å². The van der Waals surface area contributed by atoms with Crippen molar-refractivity contribution in [2.75, 3.05) is 25.3 Å². The second-order valence-electron chi connectivity index (χ2n) is 3.39. The van der Waals surface area contributed by atoms with Crippen molar-refractivity contribution in [1.82, 2.24) is 10.6 Å². The second-order valence-corrected chi connectivity index (χ2v) is 3.39. The average molecular weight is 264 g/mol. The van der Waals surface area contributed by atoms with E-state index in [1.807, 2.05) is 0 Å². The van der Waals surface area contributed by atoms with Crippen molar-refractivity contribution >= 4 is 24.0 Å². The molecule has 0 aliphatic heterocycles. The molecule has 1 aromatic rings. The van der Waals surface area contributed by atoms with Gasteiger partial charge in [0.2, 0.25) is 6.29 Å². The van der Waals surface area contributed by atoms with Crippen LogP contribution in [0, 0.1) is 0 Å². The molecule has 0 unspecified atom stereocenters. The number of methoxy groups -OCH3 is 1. The Bertz CT molecular complexity index is 436. The molecule has 0 bridgehead atoms. The first kappa shape index (κ1) is 14.7. The van der Waals surface area contributed by atoms with Crippen molar-refractivity contribution < 1.29 is 19.1 Å². The van der Waals surface area contributed by atoms with Crippen molar-refractivity contribution in [3.8, 4) is 0 Å². The molecule has 0 aliphatic rings. The van der Waals surface area contributed by atoms with Crippen LogP contribution in [0.4, 0.5) is 15.3 Å². The summed E-state index contributed by atoms with van der Waals surface area (Å²) in [5.41, 5.74) is 0.375. The lowest BCUT2D eigenvalue weighted by atomic mass is 10.3. The molecule has 19 heavy (non-hydrogen) atoms. The van der Waals surface area contributed by atoms with Gasteiger partial charge in [0.1, 0.15) is 6.73 Å². The summed E-state index contributed by atoms with van der Waals surface area (Å²) < 4.78 is 4.71. The third kappa shape index (κ3) is 4.40. The molecule has 0 spiro atoms. The first-order valence-electron chi connectivity index (χ1n) is 5.45. The van der Waals surface area contributed by atoms with E-state index in [0.29, 0.717) is 5.69 Å². The maximum absolute atomic E-state index is 11.9. The summed E-state index contributed by atoms with van der Waals surface area (Å²) in [7, 11) is 1.41. The fraction of sp³-hybridized carbons (Fsp3) is 0.250. The molecular weight excluding hydrogens is 250 g/mol. The smallest absolute Gasteiger partial charge is 0.331 e. The average Bonchev–Trinajstić information content (AvgIpc) is 2.44. The van der Waals surface area contributed by atoms with Gasteiger partial charge in [-0.15, -0.1) is 0 Å². The quantitative estimate of drug-likeness (QED) is 0.763. The summed E-state index contributed by atoms with van der Waals surface area (Å²) in [5, 5.41) is 4.64. The van der Waals surface area contributed by atoms with Gasteiger partial charge in [-0.3, -0.25) is 4.79 Å². The van der Waals surface area contributed by atoms with Gasteiger partial charge in [0.15, 0.2) is 0 Å². The van der Waals surface area contributed by atoms with Crippen molar-refractivity contribution in [3.63, 3.8) is 0 Å². The third-order valence-electron chi connectivity index (χ3n) is 2.10. The van der Waals surface area contributed by atoms with E-state index >= 15 is 0 Å². The minimum absolute atomic E-state index is 0.0325. The van der Waals surface area contributed by atoms with Crippen LogP contribution in [0.25, 0.3) is 0 Å². The highest BCUT2D eigenvalue weighted by molar-refractivity contribution is 6.13. The minimum atomic E-state index is -0.719. The van der Waals surface area contributed by atoms with Crippen molar-refractivity contribution in [2.24, 2.45) is 0 Å². The predicted octanol–water partition coefficient (Wildman–Crippen LogP) is 0.626. The van der Waals surface area contributed by atoms with Gasteiger partial charge in [-0.05, 0) is 12.1 Å². The lowest BCUT2D eigenvalue weighted by Crippen LogP contribution is -2.49. The van der Waals surface area contributed by atoms with Gasteiger partial charge in [0.25, 0.3) is 0 Å². The predicted molar refractivity (Wildman–Crippen MR) is 68.4 cm³/mol. The molecule has 7 heteroatoms. The van der Waals surface area contributed by atoms with Crippen LogP contribution in [-0.2, 0) is 9.53 Å². The zero-order valence-corrected chi connectivity index (χ0v) is 10.4. The van der Waals surface area contributed by atoms with Gasteiger partial charge < -0.3 is 15.4 Å². The zero-order valence-electron chi connectivity index (χ0n) is 10.4. The number of rotatable bonds is 5. The highest BCUT2D eigenvalue weighted by Crippen LogP contribution is 2.13. The molecule has 0 fully saturated rings. The van der Waals surface area contributed by atoms with Crippen LogP contribution < -0.4 is 15.5 Å². The molecule has 101 valence electrons. The Morgan fingerprint density at radius 3 is 2.42 bits per heavy atom. The van der Waals surface area contributed by atoms with Gasteiger partial charge >= 0.3 is 12.1 Å². The maximum Gasteiger partial charge on any atom is 0.331 e. The van der Waals surface area contributed by atoms with Gasteiger partial charge in [-0.1, -0.05) is 18.2 Å². The fourth-order valence-electron chi connectivity index (χ4n) is 1.31. The molecule has 1 rings (SSSR count). The van der Waals surface area contributed by atoms with E-state index in [4.69, 9.17) is 4.74 Å². The number of urea groups is 2. The topological polar surface area (TPSA) is 87.7 Å². The number of anilines is 1. The first-order chi connectivity index (χ1) is 9.20. The van der Waals surface area contributed by atoms with E-state index < -0.39 is 12.1 Å². The first-order valence-corrected chi connectivity index (χ1v) is 5.45. The van der Waals surface area contributed by atoms with E-state index in [1.54, 1.807) is 30.3 Å². The van der Waals surface area contributed by atoms with Crippen molar-refractivity contribution in [3.05, 3.63) is 30.3 Å². The monoisotopic (exact) mass is 264 g/mol. The maximum atomic E-state index is 11.9. The molecule has 0 saturated heterocycles. The Morgan fingerprint density at radius 1 is 1.21 bits per heavy atom. The molecular formula is C12H14N3O4. The Balaban J connectivity index is 2.87. The summed E-state index contributed by atoms with van der Waals surface area (Å²) in [5.74, 6) is 0. The fourth-order valence-corrected chi connectivity index (χ4v) is 1.31. The minimum Gasteiger partial charge on any atom is -0.364 e. The lowest BCUT2D eigenvalue weighted by molar-refractivity contribution is 0.174.